The lowest BCUT2D eigenvalue weighted by atomic mass is 10.0. The van der Waals surface area contributed by atoms with Gasteiger partial charge in [-0.15, -0.1) is 0 Å². The highest BCUT2D eigenvalue weighted by Gasteiger charge is 2.26. The van der Waals surface area contributed by atoms with E-state index in [2.05, 4.69) is 31.6 Å². The molecule has 0 saturated carbocycles. The molecule has 0 spiro atoms. The molecular weight excluding hydrogens is 278 g/mol. The monoisotopic (exact) mass is 301 g/mol. The normalized spacial score (nSPS) is 19.0. The van der Waals surface area contributed by atoms with Crippen LogP contribution in [-0.2, 0) is 20.6 Å². The molecule has 0 bridgehead atoms. The summed E-state index contributed by atoms with van der Waals surface area (Å²) in [6, 6.07) is 0. The molecule has 7 heteroatoms. The van der Waals surface area contributed by atoms with Gasteiger partial charge in [0.1, 0.15) is 0 Å². The van der Waals surface area contributed by atoms with Crippen molar-refractivity contribution in [3.8, 4) is 0 Å². The lowest BCUT2D eigenvalue weighted by Gasteiger charge is -2.21. The van der Waals surface area contributed by atoms with E-state index in [9.17, 15) is 0 Å². The molecule has 2 aromatic heterocycles. The summed E-state index contributed by atoms with van der Waals surface area (Å²) in [6.07, 6.45) is 9.12. The first-order valence-electron chi connectivity index (χ1n) is 7.57. The largest absolute Gasteiger partial charge is 0.352 e. The Bertz CT molecular complexity index is 654. The van der Waals surface area contributed by atoms with Crippen LogP contribution in [0.25, 0.3) is 0 Å². The molecule has 1 fully saturated rings. The van der Waals surface area contributed by atoms with Gasteiger partial charge in [-0.1, -0.05) is 0 Å². The van der Waals surface area contributed by atoms with Crippen LogP contribution in [0.15, 0.2) is 29.8 Å². The summed E-state index contributed by atoms with van der Waals surface area (Å²) in [4.78, 5) is 6.72. The van der Waals surface area contributed by atoms with Crippen molar-refractivity contribution in [2.75, 3.05) is 20.1 Å². The van der Waals surface area contributed by atoms with Gasteiger partial charge in [-0.2, -0.15) is 10.2 Å². The molecule has 0 amide bonds. The van der Waals surface area contributed by atoms with E-state index in [-0.39, 0.29) is 0 Å². The SMILES string of the molecule is CN=C(NCc1cnn(C)c1)N1CCC(c2cnn(C)c2)C1. The van der Waals surface area contributed by atoms with Crippen LogP contribution in [0.1, 0.15) is 23.5 Å². The molecule has 1 saturated heterocycles. The fraction of sp³-hybridized carbons (Fsp3) is 0.533. The number of nitrogens with zero attached hydrogens (tertiary/aromatic N) is 6. The Morgan fingerprint density at radius 3 is 2.68 bits per heavy atom. The van der Waals surface area contributed by atoms with Gasteiger partial charge in [0, 0.05) is 64.7 Å². The third-order valence-electron chi connectivity index (χ3n) is 4.10. The summed E-state index contributed by atoms with van der Waals surface area (Å²) in [5.74, 6) is 1.49. The number of aromatic nitrogens is 4. The van der Waals surface area contributed by atoms with Gasteiger partial charge in [-0.3, -0.25) is 14.4 Å². The van der Waals surface area contributed by atoms with E-state index in [0.717, 1.165) is 37.6 Å². The van der Waals surface area contributed by atoms with Crippen molar-refractivity contribution in [1.29, 1.82) is 0 Å². The van der Waals surface area contributed by atoms with Gasteiger partial charge < -0.3 is 10.2 Å². The lowest BCUT2D eigenvalue weighted by Crippen LogP contribution is -2.39. The Morgan fingerprint density at radius 2 is 2.05 bits per heavy atom. The van der Waals surface area contributed by atoms with Crippen molar-refractivity contribution >= 4 is 5.96 Å². The Balaban J connectivity index is 1.58. The van der Waals surface area contributed by atoms with Crippen LogP contribution >= 0.6 is 0 Å². The molecule has 118 valence electrons. The summed E-state index contributed by atoms with van der Waals surface area (Å²) in [7, 11) is 5.73. The summed E-state index contributed by atoms with van der Waals surface area (Å²) < 4.78 is 3.68. The summed E-state index contributed by atoms with van der Waals surface area (Å²) in [5, 5.41) is 11.9. The number of rotatable bonds is 3. The standard InChI is InChI=1S/C15H23N7/c1-16-15(17-6-12-7-18-20(2)9-12)22-5-4-13(11-22)14-8-19-21(3)10-14/h7-10,13H,4-6,11H2,1-3H3,(H,16,17). The number of guanidine groups is 1. The predicted octanol–water partition coefficient (Wildman–Crippen LogP) is 0.718. The molecule has 1 aliphatic heterocycles. The fourth-order valence-electron chi connectivity index (χ4n) is 2.95. The molecule has 0 radical (unpaired) electrons. The van der Waals surface area contributed by atoms with Crippen LogP contribution < -0.4 is 5.32 Å². The van der Waals surface area contributed by atoms with Gasteiger partial charge in [0.2, 0.25) is 0 Å². The predicted molar refractivity (Wildman–Crippen MR) is 85.5 cm³/mol. The Hall–Kier alpha value is -2.31. The van der Waals surface area contributed by atoms with Crippen molar-refractivity contribution < 1.29 is 0 Å². The van der Waals surface area contributed by atoms with Crippen molar-refractivity contribution in [1.82, 2.24) is 29.8 Å². The van der Waals surface area contributed by atoms with Gasteiger partial charge in [-0.25, -0.2) is 0 Å². The van der Waals surface area contributed by atoms with Gasteiger partial charge in [0.05, 0.1) is 12.4 Å². The maximum absolute atomic E-state index is 4.41. The molecule has 1 unspecified atom stereocenters. The lowest BCUT2D eigenvalue weighted by molar-refractivity contribution is 0.486. The molecule has 3 rings (SSSR count). The average molecular weight is 301 g/mol. The van der Waals surface area contributed by atoms with Crippen molar-refractivity contribution in [2.45, 2.75) is 18.9 Å². The van der Waals surface area contributed by atoms with Crippen LogP contribution in [0.5, 0.6) is 0 Å². The van der Waals surface area contributed by atoms with Gasteiger partial charge in [0.25, 0.3) is 0 Å². The number of nitrogens with one attached hydrogen (secondary N) is 1. The van der Waals surface area contributed by atoms with Gasteiger partial charge >= 0.3 is 0 Å². The molecule has 0 aliphatic carbocycles. The summed E-state index contributed by atoms with van der Waals surface area (Å²) in [6.45, 7) is 2.75. The third-order valence-corrected chi connectivity index (χ3v) is 4.10. The first-order valence-corrected chi connectivity index (χ1v) is 7.57. The highest BCUT2D eigenvalue weighted by atomic mass is 15.3. The highest BCUT2D eigenvalue weighted by molar-refractivity contribution is 5.80. The van der Waals surface area contributed by atoms with E-state index in [1.165, 1.54) is 5.56 Å². The number of hydrogen-bond acceptors (Lipinski definition) is 3. The zero-order valence-electron chi connectivity index (χ0n) is 13.4. The zero-order chi connectivity index (χ0) is 15.5. The second-order valence-corrected chi connectivity index (χ2v) is 5.80. The minimum atomic E-state index is 0.533. The van der Waals surface area contributed by atoms with Crippen molar-refractivity contribution in [3.63, 3.8) is 0 Å². The Kier molecular flexibility index (Phi) is 4.13. The number of hydrogen-bond donors (Lipinski definition) is 1. The smallest absolute Gasteiger partial charge is 0.193 e. The second-order valence-electron chi connectivity index (χ2n) is 5.80. The van der Waals surface area contributed by atoms with E-state index in [1.54, 1.807) is 0 Å². The quantitative estimate of drug-likeness (QED) is 0.670. The Morgan fingerprint density at radius 1 is 1.27 bits per heavy atom. The minimum absolute atomic E-state index is 0.533. The van der Waals surface area contributed by atoms with Crippen LogP contribution in [0.3, 0.4) is 0 Å². The molecule has 0 aromatic carbocycles. The number of likely N-dealkylation sites (tertiary alicyclic amines) is 1. The minimum Gasteiger partial charge on any atom is -0.352 e. The molecular formula is C15H23N7. The molecule has 1 N–H and O–H groups in total. The summed E-state index contributed by atoms with van der Waals surface area (Å²) in [5.41, 5.74) is 2.47. The highest BCUT2D eigenvalue weighted by Crippen LogP contribution is 2.26. The average Bonchev–Trinajstić information content (AvgIpc) is 3.21. The Labute approximate surface area is 130 Å². The molecule has 2 aromatic rings. The zero-order valence-corrected chi connectivity index (χ0v) is 13.4. The third kappa shape index (κ3) is 3.13. The van der Waals surface area contributed by atoms with E-state index in [4.69, 9.17) is 0 Å². The molecule has 22 heavy (non-hydrogen) atoms. The fourth-order valence-corrected chi connectivity index (χ4v) is 2.95. The molecule has 7 nitrogen and oxygen atoms in total. The van der Waals surface area contributed by atoms with E-state index in [0.29, 0.717) is 5.92 Å². The van der Waals surface area contributed by atoms with Crippen LogP contribution in [0, 0.1) is 0 Å². The van der Waals surface area contributed by atoms with Crippen LogP contribution in [0.2, 0.25) is 0 Å². The van der Waals surface area contributed by atoms with E-state index < -0.39 is 0 Å². The molecule has 3 heterocycles. The number of aryl methyl sites for hydroxylation is 2. The van der Waals surface area contributed by atoms with Crippen LogP contribution in [-0.4, -0.2) is 50.6 Å². The van der Waals surface area contributed by atoms with Crippen molar-refractivity contribution in [2.24, 2.45) is 19.1 Å². The number of aliphatic imine (C=N–C) groups is 1. The van der Waals surface area contributed by atoms with Gasteiger partial charge in [-0.05, 0) is 12.0 Å². The topological polar surface area (TPSA) is 63.3 Å². The first-order chi connectivity index (χ1) is 10.7. The molecule has 1 aliphatic rings. The summed E-state index contributed by atoms with van der Waals surface area (Å²) >= 11 is 0. The van der Waals surface area contributed by atoms with E-state index >= 15 is 0 Å². The van der Waals surface area contributed by atoms with E-state index in [1.807, 2.05) is 49.1 Å². The van der Waals surface area contributed by atoms with Gasteiger partial charge in [0.15, 0.2) is 5.96 Å². The first kappa shape index (κ1) is 14.6. The second kappa shape index (κ2) is 6.21. The molecule has 1 atom stereocenters. The van der Waals surface area contributed by atoms with Crippen molar-refractivity contribution in [3.05, 3.63) is 35.9 Å². The van der Waals surface area contributed by atoms with Crippen LogP contribution in [0.4, 0.5) is 0 Å². The maximum Gasteiger partial charge on any atom is 0.193 e. The maximum atomic E-state index is 4.41.